The van der Waals surface area contributed by atoms with Gasteiger partial charge in [0.05, 0.1) is 32.5 Å². The number of hydrogen-bond donors (Lipinski definition) is 2. The zero-order valence-electron chi connectivity index (χ0n) is 16.8. The predicted octanol–water partition coefficient (Wildman–Crippen LogP) is 3.06. The molecule has 0 bridgehead atoms. The lowest BCUT2D eigenvalue weighted by Gasteiger charge is -2.22. The molecule has 0 unspecified atom stereocenters. The molecule has 31 heavy (non-hydrogen) atoms. The second kappa shape index (κ2) is 7.60. The van der Waals surface area contributed by atoms with E-state index in [1.165, 1.54) is 33.5 Å². The molecule has 0 saturated heterocycles. The van der Waals surface area contributed by atoms with Crippen LogP contribution in [0.4, 0.5) is 0 Å². The zero-order valence-corrected chi connectivity index (χ0v) is 16.8. The highest BCUT2D eigenvalue weighted by molar-refractivity contribution is 6.13. The van der Waals surface area contributed by atoms with Gasteiger partial charge in [-0.25, -0.2) is 9.59 Å². The average molecular weight is 426 g/mol. The van der Waals surface area contributed by atoms with Crippen LogP contribution in [0, 0.1) is 0 Å². The van der Waals surface area contributed by atoms with Crippen molar-refractivity contribution < 1.29 is 43.5 Å². The summed E-state index contributed by atoms with van der Waals surface area (Å²) in [5.74, 6) is -0.990. The van der Waals surface area contributed by atoms with Crippen LogP contribution in [0.1, 0.15) is 11.1 Å². The van der Waals surface area contributed by atoms with Crippen LogP contribution in [0.15, 0.2) is 29.3 Å². The third-order valence-corrected chi connectivity index (χ3v) is 5.03. The van der Waals surface area contributed by atoms with Crippen molar-refractivity contribution in [3.63, 3.8) is 0 Å². The van der Waals surface area contributed by atoms with Gasteiger partial charge in [-0.05, 0) is 47.0 Å². The fourth-order valence-electron chi connectivity index (χ4n) is 3.68. The molecule has 2 N–H and O–H groups in total. The minimum atomic E-state index is -1.39. The molecule has 2 aliphatic rings. The van der Waals surface area contributed by atoms with Gasteiger partial charge in [-0.15, -0.1) is 0 Å². The second-order valence-electron chi connectivity index (χ2n) is 6.63. The molecular formula is C22H18O9. The lowest BCUT2D eigenvalue weighted by atomic mass is 9.87. The van der Waals surface area contributed by atoms with Gasteiger partial charge in [-0.3, -0.25) is 0 Å². The SMILES string of the molecule is COc1cc2c(c(OC)c1OC)-c1cc3c(cc1/C=C(C(=O)O)\C(C(=O)O)=C/2)OCO3. The number of benzene rings is 2. The lowest BCUT2D eigenvalue weighted by Crippen LogP contribution is -2.13. The van der Waals surface area contributed by atoms with E-state index in [-0.39, 0.29) is 12.4 Å². The summed E-state index contributed by atoms with van der Waals surface area (Å²) < 4.78 is 27.4. The van der Waals surface area contributed by atoms with Crippen molar-refractivity contribution in [1.29, 1.82) is 0 Å². The molecule has 0 atom stereocenters. The van der Waals surface area contributed by atoms with Crippen LogP contribution in [-0.2, 0) is 9.59 Å². The maximum Gasteiger partial charge on any atom is 0.336 e. The van der Waals surface area contributed by atoms with Gasteiger partial charge in [0.1, 0.15) is 0 Å². The number of carboxylic acids is 2. The number of hydrogen-bond acceptors (Lipinski definition) is 7. The highest BCUT2D eigenvalue weighted by Gasteiger charge is 2.30. The maximum absolute atomic E-state index is 12.0. The molecule has 9 heteroatoms. The van der Waals surface area contributed by atoms with Gasteiger partial charge in [-0.2, -0.15) is 0 Å². The fraction of sp³-hybridized carbons (Fsp3) is 0.182. The summed E-state index contributed by atoms with van der Waals surface area (Å²) in [5.41, 5.74) is 1.06. The van der Waals surface area contributed by atoms with Crippen molar-refractivity contribution in [3.05, 3.63) is 40.5 Å². The number of aliphatic carboxylic acids is 2. The van der Waals surface area contributed by atoms with E-state index in [4.69, 9.17) is 23.7 Å². The van der Waals surface area contributed by atoms with E-state index >= 15 is 0 Å². The van der Waals surface area contributed by atoms with Crippen LogP contribution in [0.2, 0.25) is 0 Å². The Hall–Kier alpha value is -4.14. The summed E-state index contributed by atoms with van der Waals surface area (Å²) in [6.45, 7) is 0.0162. The van der Waals surface area contributed by atoms with Gasteiger partial charge < -0.3 is 33.9 Å². The Bertz CT molecular complexity index is 1170. The zero-order chi connectivity index (χ0) is 22.3. The van der Waals surface area contributed by atoms with E-state index in [9.17, 15) is 19.8 Å². The van der Waals surface area contributed by atoms with Gasteiger partial charge in [0.15, 0.2) is 23.0 Å². The molecule has 0 radical (unpaired) electrons. The molecule has 0 saturated carbocycles. The largest absolute Gasteiger partial charge is 0.493 e. The Balaban J connectivity index is 2.18. The molecule has 0 spiro atoms. The van der Waals surface area contributed by atoms with E-state index in [1.807, 2.05) is 0 Å². The van der Waals surface area contributed by atoms with E-state index in [2.05, 4.69) is 0 Å². The van der Waals surface area contributed by atoms with Gasteiger partial charge >= 0.3 is 11.9 Å². The molecule has 0 aromatic heterocycles. The molecule has 1 aliphatic heterocycles. The molecule has 2 aromatic rings. The number of carboxylic acid groups (broad SMARTS) is 2. The summed E-state index contributed by atoms with van der Waals surface area (Å²) in [4.78, 5) is 23.9. The summed E-state index contributed by atoms with van der Waals surface area (Å²) >= 11 is 0. The van der Waals surface area contributed by atoms with Crippen LogP contribution >= 0.6 is 0 Å². The first-order valence-electron chi connectivity index (χ1n) is 9.06. The maximum atomic E-state index is 12.0. The first-order valence-corrected chi connectivity index (χ1v) is 9.06. The van der Waals surface area contributed by atoms with E-state index in [1.54, 1.807) is 18.2 Å². The van der Waals surface area contributed by atoms with Crippen LogP contribution in [0.3, 0.4) is 0 Å². The summed E-state index contributed by atoms with van der Waals surface area (Å²) in [6.07, 6.45) is 2.56. The van der Waals surface area contributed by atoms with E-state index in [0.717, 1.165) is 0 Å². The average Bonchev–Trinajstić information content (AvgIpc) is 3.19. The molecule has 4 rings (SSSR count). The Morgan fingerprint density at radius 1 is 0.806 bits per heavy atom. The summed E-state index contributed by atoms with van der Waals surface area (Å²) in [5, 5.41) is 19.5. The molecule has 1 aliphatic carbocycles. The fourth-order valence-corrected chi connectivity index (χ4v) is 3.68. The van der Waals surface area contributed by atoms with Crippen molar-refractivity contribution in [1.82, 2.24) is 0 Å². The Morgan fingerprint density at radius 2 is 1.39 bits per heavy atom. The monoisotopic (exact) mass is 426 g/mol. The molecular weight excluding hydrogens is 408 g/mol. The topological polar surface area (TPSA) is 121 Å². The highest BCUT2D eigenvalue weighted by atomic mass is 16.7. The van der Waals surface area contributed by atoms with E-state index < -0.39 is 17.5 Å². The van der Waals surface area contributed by atoms with Gasteiger partial charge in [0.25, 0.3) is 0 Å². The number of fused-ring (bicyclic) bond motifs is 4. The number of rotatable bonds is 5. The van der Waals surface area contributed by atoms with Crippen LogP contribution in [-0.4, -0.2) is 50.3 Å². The molecule has 1 heterocycles. The Labute approximate surface area is 176 Å². The molecule has 0 amide bonds. The van der Waals surface area contributed by atoms with Crippen molar-refractivity contribution >= 4 is 24.1 Å². The quantitative estimate of drug-likeness (QED) is 0.743. The highest BCUT2D eigenvalue weighted by Crippen LogP contribution is 2.51. The minimum absolute atomic E-state index is 0.0162. The smallest absolute Gasteiger partial charge is 0.336 e. The molecule has 160 valence electrons. The normalized spacial score (nSPS) is 17.0. The first kappa shape index (κ1) is 20.1. The van der Waals surface area contributed by atoms with Gasteiger partial charge in [-0.1, -0.05) is 0 Å². The number of methoxy groups -OCH3 is 3. The Morgan fingerprint density at radius 3 is 1.94 bits per heavy atom. The second-order valence-corrected chi connectivity index (χ2v) is 6.63. The number of carbonyl (C=O) groups is 2. The third-order valence-electron chi connectivity index (χ3n) is 5.03. The summed E-state index contributed by atoms with van der Waals surface area (Å²) in [6, 6.07) is 4.87. The van der Waals surface area contributed by atoms with Crippen molar-refractivity contribution in [2.45, 2.75) is 0 Å². The van der Waals surface area contributed by atoms with Crippen molar-refractivity contribution in [2.75, 3.05) is 28.1 Å². The van der Waals surface area contributed by atoms with Gasteiger partial charge in [0.2, 0.25) is 12.5 Å². The van der Waals surface area contributed by atoms with Crippen molar-refractivity contribution in [3.8, 4) is 39.9 Å². The van der Waals surface area contributed by atoms with Crippen molar-refractivity contribution in [2.24, 2.45) is 0 Å². The van der Waals surface area contributed by atoms with Crippen LogP contribution < -0.4 is 23.7 Å². The minimum Gasteiger partial charge on any atom is -0.493 e. The first-order chi connectivity index (χ1) is 14.9. The van der Waals surface area contributed by atoms with Gasteiger partial charge in [0, 0.05) is 5.56 Å². The molecule has 9 nitrogen and oxygen atoms in total. The van der Waals surface area contributed by atoms with E-state index in [0.29, 0.717) is 51.0 Å². The molecule has 2 aromatic carbocycles. The summed E-state index contributed by atoms with van der Waals surface area (Å²) in [7, 11) is 4.34. The standard InChI is InChI=1S/C22H18O9/c1-27-17-7-11-5-14(22(25)26)13(21(23)24)4-10-6-15-16(31-9-30-15)8-12(10)18(11)20(29-3)19(17)28-2/h4-8H,9H2,1-3H3,(H,23,24)(H,25,26)/b10-4?,11-5?,13-4+,14-5+,14-13?,18-12?. The Kier molecular flexibility index (Phi) is 4.94. The van der Waals surface area contributed by atoms with Crippen LogP contribution in [0.25, 0.3) is 23.3 Å². The molecule has 0 fully saturated rings. The third kappa shape index (κ3) is 3.20. The predicted molar refractivity (Wildman–Crippen MR) is 109 cm³/mol. The number of ether oxygens (including phenoxy) is 5. The lowest BCUT2D eigenvalue weighted by molar-refractivity contribution is -0.136. The van der Waals surface area contributed by atoms with Crippen LogP contribution in [0.5, 0.6) is 28.7 Å².